The lowest BCUT2D eigenvalue weighted by molar-refractivity contribution is 0.598. The van der Waals surface area contributed by atoms with E-state index in [-0.39, 0.29) is 5.82 Å². The van der Waals surface area contributed by atoms with E-state index in [1.54, 1.807) is 18.2 Å². The molecule has 0 saturated carbocycles. The predicted octanol–water partition coefficient (Wildman–Crippen LogP) is 5.44. The average Bonchev–Trinajstić information content (AvgIpc) is 2.47. The van der Waals surface area contributed by atoms with Crippen molar-refractivity contribution in [2.24, 2.45) is 5.73 Å². The van der Waals surface area contributed by atoms with E-state index >= 15 is 0 Å². The molecule has 0 fully saturated rings. The van der Waals surface area contributed by atoms with Gasteiger partial charge in [0.2, 0.25) is 0 Å². The zero-order valence-electron chi connectivity index (χ0n) is 11.0. The first-order valence-corrected chi connectivity index (χ1v) is 7.63. The van der Waals surface area contributed by atoms with E-state index in [4.69, 9.17) is 17.3 Å². The van der Waals surface area contributed by atoms with Crippen molar-refractivity contribution in [3.63, 3.8) is 0 Å². The third-order valence-corrected chi connectivity index (χ3v) is 4.57. The van der Waals surface area contributed by atoms with E-state index < -0.39 is 6.04 Å². The summed E-state index contributed by atoms with van der Waals surface area (Å²) < 4.78 is 14.8. The molecule has 3 aromatic rings. The summed E-state index contributed by atoms with van der Waals surface area (Å²) in [4.78, 5) is 0. The van der Waals surface area contributed by atoms with Crippen LogP contribution in [0.2, 0.25) is 5.02 Å². The zero-order chi connectivity index (χ0) is 15.0. The van der Waals surface area contributed by atoms with Gasteiger partial charge >= 0.3 is 0 Å². The first-order chi connectivity index (χ1) is 10.1. The molecule has 21 heavy (non-hydrogen) atoms. The molecule has 0 aromatic heterocycles. The molecule has 3 aromatic carbocycles. The summed E-state index contributed by atoms with van der Waals surface area (Å²) >= 11 is 9.60. The van der Waals surface area contributed by atoms with E-state index in [1.165, 1.54) is 6.07 Å². The lowest BCUT2D eigenvalue weighted by Gasteiger charge is -2.18. The Kier molecular flexibility index (Phi) is 3.98. The monoisotopic (exact) mass is 363 g/mol. The molecule has 0 bridgehead atoms. The van der Waals surface area contributed by atoms with Crippen LogP contribution in [0.25, 0.3) is 10.8 Å². The van der Waals surface area contributed by atoms with Crippen LogP contribution in [0.4, 0.5) is 4.39 Å². The van der Waals surface area contributed by atoms with Gasteiger partial charge in [0.1, 0.15) is 5.82 Å². The second-order valence-corrected chi connectivity index (χ2v) is 6.06. The van der Waals surface area contributed by atoms with Crippen LogP contribution in [0.1, 0.15) is 17.2 Å². The van der Waals surface area contributed by atoms with Crippen molar-refractivity contribution in [1.29, 1.82) is 0 Å². The largest absolute Gasteiger partial charge is 0.320 e. The van der Waals surface area contributed by atoms with Gasteiger partial charge in [-0.2, -0.15) is 0 Å². The first kappa shape index (κ1) is 14.5. The molecule has 1 atom stereocenters. The summed E-state index contributed by atoms with van der Waals surface area (Å²) in [7, 11) is 0. The molecule has 106 valence electrons. The molecule has 2 N–H and O–H groups in total. The van der Waals surface area contributed by atoms with Crippen molar-refractivity contribution in [2.45, 2.75) is 6.04 Å². The van der Waals surface area contributed by atoms with Gasteiger partial charge in [-0.3, -0.25) is 0 Å². The fraction of sp³-hybridized carbons (Fsp3) is 0.0588. The number of fused-ring (bicyclic) bond motifs is 1. The Bertz CT molecular complexity index is 799. The molecule has 0 aliphatic carbocycles. The Morgan fingerprint density at radius 2 is 1.67 bits per heavy atom. The third kappa shape index (κ3) is 2.57. The molecule has 0 heterocycles. The van der Waals surface area contributed by atoms with Gasteiger partial charge in [0.25, 0.3) is 0 Å². The Morgan fingerprint density at radius 1 is 0.952 bits per heavy atom. The first-order valence-electron chi connectivity index (χ1n) is 6.46. The van der Waals surface area contributed by atoms with E-state index in [1.807, 2.05) is 30.3 Å². The highest BCUT2D eigenvalue weighted by Crippen LogP contribution is 2.35. The fourth-order valence-corrected chi connectivity index (χ4v) is 3.34. The second-order valence-electron chi connectivity index (χ2n) is 4.80. The lowest BCUT2D eigenvalue weighted by Crippen LogP contribution is -2.15. The Morgan fingerprint density at radius 3 is 2.38 bits per heavy atom. The van der Waals surface area contributed by atoms with Crippen LogP contribution < -0.4 is 5.73 Å². The van der Waals surface area contributed by atoms with Gasteiger partial charge in [-0.1, -0.05) is 63.9 Å². The van der Waals surface area contributed by atoms with Gasteiger partial charge in [-0.15, -0.1) is 0 Å². The Labute approximate surface area is 135 Å². The summed E-state index contributed by atoms with van der Waals surface area (Å²) in [5.41, 5.74) is 7.62. The molecule has 3 rings (SSSR count). The van der Waals surface area contributed by atoms with Crippen molar-refractivity contribution in [3.05, 3.63) is 81.0 Å². The van der Waals surface area contributed by atoms with Crippen LogP contribution in [0, 0.1) is 5.82 Å². The van der Waals surface area contributed by atoms with E-state index in [2.05, 4.69) is 15.9 Å². The molecule has 0 radical (unpaired) electrons. The summed E-state index contributed by atoms with van der Waals surface area (Å²) in [6, 6.07) is 15.7. The van der Waals surface area contributed by atoms with Crippen molar-refractivity contribution in [3.8, 4) is 0 Å². The minimum absolute atomic E-state index is 0.323. The smallest absolute Gasteiger partial charge is 0.129 e. The minimum Gasteiger partial charge on any atom is -0.320 e. The van der Waals surface area contributed by atoms with Gasteiger partial charge < -0.3 is 5.73 Å². The van der Waals surface area contributed by atoms with E-state index in [9.17, 15) is 4.39 Å². The highest BCUT2D eigenvalue weighted by Gasteiger charge is 2.19. The van der Waals surface area contributed by atoms with Crippen LogP contribution >= 0.6 is 27.5 Å². The number of hydrogen-bond donors (Lipinski definition) is 1. The third-order valence-electron chi connectivity index (χ3n) is 3.55. The molecule has 1 nitrogen and oxygen atoms in total. The quantitative estimate of drug-likeness (QED) is 0.643. The Hall–Kier alpha value is -1.42. The Balaban J connectivity index is 2.23. The van der Waals surface area contributed by atoms with Gasteiger partial charge in [0, 0.05) is 20.4 Å². The van der Waals surface area contributed by atoms with Gasteiger partial charge in [-0.05, 0) is 29.1 Å². The molecule has 0 amide bonds. The predicted molar refractivity (Wildman–Crippen MR) is 89.1 cm³/mol. The van der Waals surface area contributed by atoms with Gasteiger partial charge in [-0.25, -0.2) is 4.39 Å². The summed E-state index contributed by atoms with van der Waals surface area (Å²) in [6.07, 6.45) is 0. The highest BCUT2D eigenvalue weighted by atomic mass is 79.9. The lowest BCUT2D eigenvalue weighted by atomic mass is 9.94. The number of nitrogens with two attached hydrogens (primary N) is 1. The van der Waals surface area contributed by atoms with Crippen molar-refractivity contribution in [1.82, 2.24) is 0 Å². The maximum Gasteiger partial charge on any atom is 0.129 e. The number of rotatable bonds is 2. The molecule has 0 aliphatic heterocycles. The summed E-state index contributed by atoms with van der Waals surface area (Å²) in [5, 5.41) is 2.52. The second kappa shape index (κ2) is 5.76. The van der Waals surface area contributed by atoms with Crippen molar-refractivity contribution < 1.29 is 4.39 Å². The van der Waals surface area contributed by atoms with Crippen LogP contribution in [0.3, 0.4) is 0 Å². The normalized spacial score (nSPS) is 12.6. The van der Waals surface area contributed by atoms with Crippen LogP contribution in [-0.2, 0) is 0 Å². The molecule has 0 aliphatic rings. The average molecular weight is 365 g/mol. The fourth-order valence-electron chi connectivity index (χ4n) is 2.52. The molecule has 1 unspecified atom stereocenters. The van der Waals surface area contributed by atoms with Crippen LogP contribution in [0.15, 0.2) is 59.1 Å². The van der Waals surface area contributed by atoms with Crippen LogP contribution in [0.5, 0.6) is 0 Å². The topological polar surface area (TPSA) is 26.0 Å². The SMILES string of the molecule is NC(c1c(F)cccc1Br)c1ccc(Cl)c2ccccc12. The summed E-state index contributed by atoms with van der Waals surface area (Å²) in [5.74, 6) is -0.323. The number of benzene rings is 3. The van der Waals surface area contributed by atoms with Crippen molar-refractivity contribution in [2.75, 3.05) is 0 Å². The van der Waals surface area contributed by atoms with E-state index in [0.29, 0.717) is 15.1 Å². The number of hydrogen-bond acceptors (Lipinski definition) is 1. The van der Waals surface area contributed by atoms with E-state index in [0.717, 1.165) is 16.3 Å². The molecule has 4 heteroatoms. The molecular formula is C17H12BrClFN. The van der Waals surface area contributed by atoms with Gasteiger partial charge in [0.05, 0.1) is 6.04 Å². The molecule has 0 saturated heterocycles. The highest BCUT2D eigenvalue weighted by molar-refractivity contribution is 9.10. The molecule has 0 spiro atoms. The van der Waals surface area contributed by atoms with Gasteiger partial charge in [0.15, 0.2) is 0 Å². The molecular weight excluding hydrogens is 353 g/mol. The standard InChI is InChI=1S/C17H12BrClFN/c18-13-6-3-7-15(20)16(13)17(21)12-8-9-14(19)11-5-2-1-4-10(11)12/h1-9,17H,21H2. The zero-order valence-corrected chi connectivity index (χ0v) is 13.3. The van der Waals surface area contributed by atoms with Crippen LogP contribution in [-0.4, -0.2) is 0 Å². The maximum absolute atomic E-state index is 14.1. The number of halogens is 3. The van der Waals surface area contributed by atoms with Crippen molar-refractivity contribution >= 4 is 38.3 Å². The summed E-state index contributed by atoms with van der Waals surface area (Å²) in [6.45, 7) is 0. The maximum atomic E-state index is 14.1. The minimum atomic E-state index is -0.567.